The molecular formula is C42H37ClN12O19S5. The molecule has 0 amide bonds. The molecule has 0 aliphatic carbocycles. The fourth-order valence-corrected chi connectivity index (χ4v) is 10.2. The Morgan fingerprint density at radius 3 is 1.92 bits per heavy atom. The van der Waals surface area contributed by atoms with Crippen molar-refractivity contribution in [2.45, 2.75) is 24.5 Å². The SMILES string of the molecule is O=C(O)c1ccc(S(O)(O)O)cc1N=N/C(=N\Nc1cc(S(=O)(=O)O)cc(Nc2nc(Cl)nc(NCNCCS(=O)(=O)c3ccc(O)c(N=Nc4c(O)c(S(=O)(=O)O)cc5cc(S(=O)(=O)O)ccc45)c3)n2)c1O)c1ccccc1. The molecule has 0 bridgehead atoms. The molecule has 7 rings (SSSR count). The number of benzene rings is 6. The number of anilines is 4. The molecule has 0 radical (unpaired) electrons. The lowest BCUT2D eigenvalue weighted by atomic mass is 10.1. The largest absolute Gasteiger partial charge is 0.506 e. The van der Waals surface area contributed by atoms with Gasteiger partial charge in [0.15, 0.2) is 21.3 Å². The number of rotatable bonds is 20. The van der Waals surface area contributed by atoms with Crippen molar-refractivity contribution in [2.75, 3.05) is 35.0 Å². The number of halogens is 1. The number of hydrogen-bond donors (Lipinski definition) is 14. The van der Waals surface area contributed by atoms with Gasteiger partial charge in [0.05, 0.1) is 43.3 Å². The van der Waals surface area contributed by atoms with Gasteiger partial charge in [0.25, 0.3) is 30.4 Å². The minimum Gasteiger partial charge on any atom is -0.506 e. The van der Waals surface area contributed by atoms with E-state index in [2.05, 4.69) is 61.9 Å². The lowest BCUT2D eigenvalue weighted by Crippen LogP contribution is -2.28. The maximum atomic E-state index is 13.4. The quantitative estimate of drug-likeness (QED) is 0.00535. The van der Waals surface area contributed by atoms with Crippen molar-refractivity contribution in [3.05, 3.63) is 120 Å². The second-order valence-electron chi connectivity index (χ2n) is 15.8. The number of carbonyl (C=O) groups is 1. The molecule has 1 aromatic heterocycles. The number of aromatic hydroxyl groups is 3. The molecule has 31 nitrogen and oxygen atoms in total. The summed E-state index contributed by atoms with van der Waals surface area (Å²) < 4.78 is 158. The number of carboxylic acids is 1. The first-order chi connectivity index (χ1) is 36.9. The highest BCUT2D eigenvalue weighted by Crippen LogP contribution is 2.46. The van der Waals surface area contributed by atoms with Crippen LogP contribution in [-0.2, 0) is 40.2 Å². The molecule has 0 aliphatic rings. The number of aromatic carboxylic acids is 1. The molecule has 37 heteroatoms. The van der Waals surface area contributed by atoms with Crippen molar-refractivity contribution in [1.82, 2.24) is 20.3 Å². The molecule has 0 spiro atoms. The van der Waals surface area contributed by atoms with Crippen molar-refractivity contribution in [2.24, 2.45) is 25.6 Å². The normalized spacial score (nSPS) is 13.0. The van der Waals surface area contributed by atoms with E-state index in [9.17, 15) is 86.2 Å². The van der Waals surface area contributed by atoms with Crippen molar-refractivity contribution in [3.63, 3.8) is 0 Å². The summed E-state index contributed by atoms with van der Waals surface area (Å²) in [4.78, 5) is 20.3. The number of fused-ring (bicyclic) bond motifs is 1. The van der Waals surface area contributed by atoms with Gasteiger partial charge in [-0.3, -0.25) is 24.4 Å². The fraction of sp³-hybridized carbons (Fsp3) is 0.0714. The van der Waals surface area contributed by atoms with Gasteiger partial charge >= 0.3 is 5.97 Å². The van der Waals surface area contributed by atoms with Gasteiger partial charge in [-0.25, -0.2) is 13.2 Å². The number of sulfone groups is 1. The maximum Gasteiger partial charge on any atom is 0.337 e. The molecular weight excluding hydrogens is 1170 g/mol. The van der Waals surface area contributed by atoms with Gasteiger partial charge in [0, 0.05) is 17.5 Å². The van der Waals surface area contributed by atoms with Gasteiger partial charge in [-0.05, 0) is 83.7 Å². The number of hydrogen-bond acceptors (Lipinski definition) is 26. The Balaban J connectivity index is 1.06. The number of carboxylic acid groups (broad SMARTS) is 1. The zero-order valence-corrected chi connectivity index (χ0v) is 43.9. The van der Waals surface area contributed by atoms with E-state index in [0.717, 1.165) is 66.7 Å². The molecule has 7 aromatic rings. The van der Waals surface area contributed by atoms with E-state index in [1.54, 1.807) is 18.2 Å². The van der Waals surface area contributed by atoms with Crippen LogP contribution in [0.2, 0.25) is 5.28 Å². The molecule has 1 heterocycles. The van der Waals surface area contributed by atoms with Gasteiger partial charge in [0.1, 0.15) is 44.3 Å². The van der Waals surface area contributed by atoms with Crippen LogP contribution >= 0.6 is 22.5 Å². The van der Waals surface area contributed by atoms with E-state index in [-0.39, 0.29) is 41.3 Å². The fourth-order valence-electron chi connectivity index (χ4n) is 6.66. The summed E-state index contributed by atoms with van der Waals surface area (Å²) in [6, 6.07) is 18.3. The summed E-state index contributed by atoms with van der Waals surface area (Å²) in [7, 11) is -23.5. The van der Waals surface area contributed by atoms with Crippen LogP contribution in [0.3, 0.4) is 0 Å². The van der Waals surface area contributed by atoms with E-state index < -0.39 is 150 Å². The van der Waals surface area contributed by atoms with Gasteiger partial charge in [-0.1, -0.05) is 36.4 Å². The van der Waals surface area contributed by atoms with Crippen molar-refractivity contribution >= 4 is 126 Å². The molecule has 0 saturated carbocycles. The zero-order chi connectivity index (χ0) is 57.8. The lowest BCUT2D eigenvalue weighted by molar-refractivity contribution is 0.0697. The van der Waals surface area contributed by atoms with Crippen LogP contribution in [0.15, 0.2) is 153 Å². The smallest absolute Gasteiger partial charge is 0.337 e. The highest BCUT2D eigenvalue weighted by atomic mass is 35.5. The summed E-state index contributed by atoms with van der Waals surface area (Å²) in [6.45, 7) is -0.510. The van der Waals surface area contributed by atoms with Gasteiger partial charge in [0.2, 0.25) is 23.0 Å². The molecule has 0 unspecified atom stereocenters. The minimum absolute atomic E-state index is 0.148. The van der Waals surface area contributed by atoms with Crippen molar-refractivity contribution in [3.8, 4) is 17.2 Å². The Morgan fingerprint density at radius 1 is 0.620 bits per heavy atom. The van der Waals surface area contributed by atoms with Crippen LogP contribution in [0.5, 0.6) is 17.2 Å². The maximum absolute atomic E-state index is 13.4. The third-order valence-corrected chi connectivity index (χ3v) is 15.7. The Bertz CT molecular complexity index is 4140. The Hall–Kier alpha value is -8.11. The Morgan fingerprint density at radius 2 is 1.27 bits per heavy atom. The number of amidine groups is 1. The second-order valence-corrected chi connectivity index (χ2v) is 24.0. The zero-order valence-electron chi connectivity index (χ0n) is 39.1. The Kier molecular flexibility index (Phi) is 17.1. The highest BCUT2D eigenvalue weighted by molar-refractivity contribution is 8.19. The van der Waals surface area contributed by atoms with Gasteiger partial charge < -0.3 is 44.7 Å². The van der Waals surface area contributed by atoms with Crippen LogP contribution in [0, 0.1) is 0 Å². The molecule has 79 heavy (non-hydrogen) atoms. The van der Waals surface area contributed by atoms with Crippen molar-refractivity contribution < 1.29 is 86.2 Å². The summed E-state index contributed by atoms with van der Waals surface area (Å²) in [6.07, 6.45) is 0. The third kappa shape index (κ3) is 14.5. The predicted octanol–water partition coefficient (Wildman–Crippen LogP) is 6.97. The van der Waals surface area contributed by atoms with Crippen LogP contribution in [0.4, 0.5) is 40.3 Å². The summed E-state index contributed by atoms with van der Waals surface area (Å²) >= 11 is 6.13. The predicted molar refractivity (Wildman–Crippen MR) is 280 cm³/mol. The molecule has 14 N–H and O–H groups in total. The molecule has 0 aliphatic heterocycles. The average Bonchev–Trinajstić information content (AvgIpc) is 3.38. The van der Waals surface area contributed by atoms with Crippen LogP contribution < -0.4 is 21.4 Å². The minimum atomic E-state index is -5.17. The first-order valence-electron chi connectivity index (χ1n) is 21.3. The number of aromatic nitrogens is 3. The van der Waals surface area contributed by atoms with E-state index in [0.29, 0.717) is 6.07 Å². The summed E-state index contributed by atoms with van der Waals surface area (Å²) in [5, 5.41) is 68.8. The Labute approximate surface area is 451 Å². The number of hydrazone groups is 1. The van der Waals surface area contributed by atoms with E-state index in [4.69, 9.17) is 11.6 Å². The average molecular weight is 1210 g/mol. The van der Waals surface area contributed by atoms with E-state index in [1.807, 2.05) is 0 Å². The van der Waals surface area contributed by atoms with E-state index in [1.165, 1.54) is 12.1 Å². The molecule has 0 fully saturated rings. The number of nitrogens with zero attached hydrogens (tertiary/aromatic N) is 8. The molecule has 6 aromatic carbocycles. The lowest BCUT2D eigenvalue weighted by Gasteiger charge is -2.19. The van der Waals surface area contributed by atoms with Crippen molar-refractivity contribution in [1.29, 1.82) is 0 Å². The highest BCUT2D eigenvalue weighted by Gasteiger charge is 2.25. The second kappa shape index (κ2) is 23.1. The number of phenolic OH excluding ortho intramolecular Hbond substituents is 3. The topological polar surface area (TPSA) is 505 Å². The third-order valence-electron chi connectivity index (χ3n) is 10.4. The van der Waals surface area contributed by atoms with Gasteiger partial charge in [-0.15, -0.1) is 20.5 Å². The molecule has 0 saturated heterocycles. The van der Waals surface area contributed by atoms with Crippen LogP contribution in [0.25, 0.3) is 10.8 Å². The van der Waals surface area contributed by atoms with Gasteiger partial charge in [-0.2, -0.15) is 45.3 Å². The number of phenols is 3. The monoisotopic (exact) mass is 1210 g/mol. The summed E-state index contributed by atoms with van der Waals surface area (Å²) in [5.41, 5.74) is -0.475. The first-order valence-corrected chi connectivity index (χ1v) is 29.1. The van der Waals surface area contributed by atoms with Crippen LogP contribution in [0.1, 0.15) is 15.9 Å². The number of nitrogens with one attached hydrogen (secondary N) is 4. The first kappa shape index (κ1) is 58.6. The number of azo groups is 2. The van der Waals surface area contributed by atoms with Crippen LogP contribution in [-0.4, -0.2) is 127 Å². The standard InChI is InChI=1S/C42H37ClN12O19S5/c43-40-47-41(45-20-44-12-13-75(61,62)23-8-11-33(56)30(16-23)51-53-35-27-9-6-24(76(63,64)65)14-22(27)15-34(37(35)58)79(72,73)74)49-42(48-40)46-31-18-26(78(69,70)71)19-32(36(31)57)52-55-38(21-4-2-1-3-5-21)54-50-29-17-25(77(66,67)68)7-10-28(29)39(59)60/h1-11,14-19,44,52,56-58,66-68H,12-13,20H2,(H,59,60)(H,63,64,65)(H,69,70,71)(H,72,73,74)(H2,45,46,47,48,49)/b53-51?,54-50?,55-38-. The molecule has 0 atom stereocenters. The summed E-state index contributed by atoms with van der Waals surface area (Å²) in [5.74, 6) is -5.69. The van der Waals surface area contributed by atoms with E-state index >= 15 is 0 Å². The molecule has 416 valence electrons.